The average Bonchev–Trinajstić information content (AvgIpc) is 3.72. The first-order valence-corrected chi connectivity index (χ1v) is 21.4. The van der Waals surface area contributed by atoms with Crippen LogP contribution in [0.2, 0.25) is 0 Å². The van der Waals surface area contributed by atoms with Gasteiger partial charge in [-0.2, -0.15) is 0 Å². The van der Waals surface area contributed by atoms with Crippen LogP contribution in [0, 0.1) is 0 Å². The van der Waals surface area contributed by atoms with E-state index in [1.54, 1.807) is 0 Å². The molecule has 1 aromatic heterocycles. The molecule has 1 aliphatic rings. The Hall–Kier alpha value is -7.88. The molecular formula is C59H42N2O. The van der Waals surface area contributed by atoms with Crippen molar-refractivity contribution in [3.8, 4) is 22.3 Å². The molecule has 12 rings (SSSR count). The summed E-state index contributed by atoms with van der Waals surface area (Å²) in [6.45, 7) is 4.74. The van der Waals surface area contributed by atoms with Crippen LogP contribution in [-0.4, -0.2) is 0 Å². The number of hydrogen-bond acceptors (Lipinski definition) is 3. The van der Waals surface area contributed by atoms with Gasteiger partial charge in [-0.15, -0.1) is 0 Å². The molecular weight excluding hydrogens is 753 g/mol. The number of furan rings is 1. The standard InChI is InChI=1S/C59H42N2O/c1-59(2)50-26-11-12-27-52(50)61(55-38-43(32-36-51(55)59)46-24-14-20-41-18-6-8-21-45(41)46)57-47-22-9-7-19-42(47)33-37-53(57)60(44-34-30-40(31-35-44)39-16-4-3-5-17-39)54-28-15-25-49-48-23-10-13-29-56(48)62-58(49)54/h3-38H,1-2H3. The molecule has 10 aromatic carbocycles. The van der Waals surface area contributed by atoms with Gasteiger partial charge < -0.3 is 14.2 Å². The van der Waals surface area contributed by atoms with E-state index in [4.69, 9.17) is 4.42 Å². The van der Waals surface area contributed by atoms with Crippen molar-refractivity contribution < 1.29 is 4.42 Å². The molecule has 0 atom stereocenters. The summed E-state index contributed by atoms with van der Waals surface area (Å²) in [5, 5.41) is 6.98. The fraction of sp³-hybridized carbons (Fsp3) is 0.0508. The second kappa shape index (κ2) is 14.1. The minimum absolute atomic E-state index is 0.267. The van der Waals surface area contributed by atoms with Crippen molar-refractivity contribution in [1.29, 1.82) is 0 Å². The smallest absolute Gasteiger partial charge is 0.159 e. The maximum Gasteiger partial charge on any atom is 0.159 e. The van der Waals surface area contributed by atoms with Gasteiger partial charge in [0.1, 0.15) is 5.58 Å². The van der Waals surface area contributed by atoms with Gasteiger partial charge in [0, 0.05) is 27.3 Å². The molecule has 3 nitrogen and oxygen atoms in total. The third-order valence-corrected chi connectivity index (χ3v) is 13.0. The van der Waals surface area contributed by atoms with Crippen LogP contribution < -0.4 is 9.80 Å². The summed E-state index contributed by atoms with van der Waals surface area (Å²) in [6.07, 6.45) is 0. The maximum atomic E-state index is 6.86. The average molecular weight is 795 g/mol. The highest BCUT2D eigenvalue weighted by Gasteiger charge is 2.39. The zero-order chi connectivity index (χ0) is 41.4. The molecule has 0 N–H and O–H groups in total. The highest BCUT2D eigenvalue weighted by Crippen LogP contribution is 2.57. The number of benzene rings is 10. The van der Waals surface area contributed by atoms with Crippen molar-refractivity contribution in [2.75, 3.05) is 9.80 Å². The van der Waals surface area contributed by atoms with E-state index >= 15 is 0 Å². The molecule has 294 valence electrons. The normalized spacial score (nSPS) is 13.1. The number of para-hydroxylation sites is 3. The predicted octanol–water partition coefficient (Wildman–Crippen LogP) is 16.8. The lowest BCUT2D eigenvalue weighted by Gasteiger charge is -2.44. The summed E-state index contributed by atoms with van der Waals surface area (Å²) in [4.78, 5) is 4.96. The van der Waals surface area contributed by atoms with Crippen LogP contribution in [0.25, 0.3) is 65.7 Å². The molecule has 11 aromatic rings. The molecule has 2 heterocycles. The second-order valence-electron chi connectivity index (χ2n) is 16.9. The molecule has 0 amide bonds. The SMILES string of the molecule is CC1(C)c2ccccc2N(c2c(N(c3ccc(-c4ccccc4)cc3)c3cccc4c3oc3ccccc34)ccc3ccccc23)c2cc(-c3cccc4ccccc34)ccc21. The first-order valence-electron chi connectivity index (χ1n) is 21.4. The molecule has 0 spiro atoms. The van der Waals surface area contributed by atoms with Crippen LogP contribution in [0.1, 0.15) is 25.0 Å². The Labute approximate surface area is 361 Å². The topological polar surface area (TPSA) is 19.6 Å². The van der Waals surface area contributed by atoms with Gasteiger partial charge in [0.25, 0.3) is 0 Å². The zero-order valence-corrected chi connectivity index (χ0v) is 34.6. The van der Waals surface area contributed by atoms with Crippen LogP contribution in [-0.2, 0) is 5.41 Å². The molecule has 0 unspecified atom stereocenters. The van der Waals surface area contributed by atoms with Gasteiger partial charge in [0.05, 0.1) is 28.4 Å². The molecule has 1 aliphatic heterocycles. The van der Waals surface area contributed by atoms with Gasteiger partial charge in [-0.1, -0.05) is 190 Å². The van der Waals surface area contributed by atoms with Crippen LogP contribution >= 0.6 is 0 Å². The second-order valence-corrected chi connectivity index (χ2v) is 16.9. The van der Waals surface area contributed by atoms with Crippen molar-refractivity contribution >= 4 is 77.6 Å². The van der Waals surface area contributed by atoms with Crippen LogP contribution in [0.15, 0.2) is 223 Å². The van der Waals surface area contributed by atoms with Gasteiger partial charge in [-0.3, -0.25) is 0 Å². The fourth-order valence-electron chi connectivity index (χ4n) is 10.0. The zero-order valence-electron chi connectivity index (χ0n) is 34.6. The number of hydrogen-bond donors (Lipinski definition) is 0. The lowest BCUT2D eigenvalue weighted by atomic mass is 9.73. The van der Waals surface area contributed by atoms with E-state index in [0.717, 1.165) is 61.3 Å². The Morgan fingerprint density at radius 1 is 0.419 bits per heavy atom. The molecule has 0 aliphatic carbocycles. The van der Waals surface area contributed by atoms with Crippen LogP contribution in [0.5, 0.6) is 0 Å². The van der Waals surface area contributed by atoms with Gasteiger partial charge >= 0.3 is 0 Å². The summed E-state index contributed by atoms with van der Waals surface area (Å²) in [7, 11) is 0. The van der Waals surface area contributed by atoms with E-state index in [1.165, 1.54) is 49.7 Å². The van der Waals surface area contributed by atoms with E-state index < -0.39 is 0 Å². The number of rotatable bonds is 6. The molecule has 0 fully saturated rings. The summed E-state index contributed by atoms with van der Waals surface area (Å²) >= 11 is 0. The Morgan fingerprint density at radius 3 is 1.87 bits per heavy atom. The molecule has 3 heteroatoms. The van der Waals surface area contributed by atoms with Crippen molar-refractivity contribution in [3.05, 3.63) is 230 Å². The Bertz CT molecular complexity index is 3500. The van der Waals surface area contributed by atoms with Gasteiger partial charge in [0.15, 0.2) is 5.58 Å². The summed E-state index contributed by atoms with van der Waals surface area (Å²) in [5.74, 6) is 0. The summed E-state index contributed by atoms with van der Waals surface area (Å²) in [6, 6.07) is 79.3. The molecule has 0 bridgehead atoms. The first kappa shape index (κ1) is 36.0. The Balaban J connectivity index is 1.17. The third-order valence-electron chi connectivity index (χ3n) is 13.0. The quantitative estimate of drug-likeness (QED) is 0.167. The van der Waals surface area contributed by atoms with Crippen LogP contribution in [0.4, 0.5) is 34.1 Å². The van der Waals surface area contributed by atoms with Crippen molar-refractivity contribution in [2.24, 2.45) is 0 Å². The third kappa shape index (κ3) is 5.59. The van der Waals surface area contributed by atoms with Crippen molar-refractivity contribution in [3.63, 3.8) is 0 Å². The summed E-state index contributed by atoms with van der Waals surface area (Å²) in [5.41, 5.74) is 15.2. The first-order chi connectivity index (χ1) is 30.5. The predicted molar refractivity (Wildman–Crippen MR) is 261 cm³/mol. The largest absolute Gasteiger partial charge is 0.454 e. The molecule has 0 saturated carbocycles. The Kier molecular flexibility index (Phi) is 8.20. The number of anilines is 6. The van der Waals surface area contributed by atoms with E-state index in [1.807, 2.05) is 6.07 Å². The van der Waals surface area contributed by atoms with Gasteiger partial charge in [-0.25, -0.2) is 0 Å². The lowest BCUT2D eigenvalue weighted by Crippen LogP contribution is -2.31. The minimum Gasteiger partial charge on any atom is -0.454 e. The van der Waals surface area contributed by atoms with Crippen molar-refractivity contribution in [2.45, 2.75) is 19.3 Å². The van der Waals surface area contributed by atoms with Crippen LogP contribution in [0.3, 0.4) is 0 Å². The molecule has 0 saturated heterocycles. The highest BCUT2D eigenvalue weighted by molar-refractivity contribution is 6.13. The molecule has 0 radical (unpaired) electrons. The number of nitrogens with zero attached hydrogens (tertiary/aromatic N) is 2. The van der Waals surface area contributed by atoms with E-state index in [2.05, 4.69) is 236 Å². The van der Waals surface area contributed by atoms with E-state index in [0.29, 0.717) is 0 Å². The monoisotopic (exact) mass is 794 g/mol. The van der Waals surface area contributed by atoms with E-state index in [-0.39, 0.29) is 5.41 Å². The number of fused-ring (bicyclic) bond motifs is 7. The highest BCUT2D eigenvalue weighted by atomic mass is 16.3. The van der Waals surface area contributed by atoms with Gasteiger partial charge in [0.2, 0.25) is 0 Å². The Morgan fingerprint density at radius 2 is 1.03 bits per heavy atom. The fourth-order valence-corrected chi connectivity index (χ4v) is 10.0. The lowest BCUT2D eigenvalue weighted by molar-refractivity contribution is 0.632. The van der Waals surface area contributed by atoms with Gasteiger partial charge in [-0.05, 0) is 92.0 Å². The minimum atomic E-state index is -0.267. The summed E-state index contributed by atoms with van der Waals surface area (Å²) < 4.78 is 6.86. The molecule has 62 heavy (non-hydrogen) atoms. The van der Waals surface area contributed by atoms with Crippen molar-refractivity contribution in [1.82, 2.24) is 0 Å². The van der Waals surface area contributed by atoms with E-state index in [9.17, 15) is 0 Å². The maximum absolute atomic E-state index is 6.86.